The van der Waals surface area contributed by atoms with Crippen molar-refractivity contribution in [3.8, 4) is 0 Å². The highest BCUT2D eigenvalue weighted by Crippen LogP contribution is 2.35. The van der Waals surface area contributed by atoms with Crippen molar-refractivity contribution >= 4 is 27.3 Å². The lowest BCUT2D eigenvalue weighted by molar-refractivity contribution is 0.269. The van der Waals surface area contributed by atoms with Gasteiger partial charge in [-0.3, -0.25) is 0 Å². The first-order valence-electron chi connectivity index (χ1n) is 7.20. The zero-order valence-electron chi connectivity index (χ0n) is 12.2. The van der Waals surface area contributed by atoms with Crippen LogP contribution in [0.15, 0.2) is 53.0 Å². The van der Waals surface area contributed by atoms with Gasteiger partial charge in [0.25, 0.3) is 0 Å². The van der Waals surface area contributed by atoms with Crippen LogP contribution in [0.2, 0.25) is 0 Å². The second kappa shape index (κ2) is 6.08. The van der Waals surface area contributed by atoms with Gasteiger partial charge in [-0.1, -0.05) is 46.3 Å². The Morgan fingerprint density at radius 3 is 2.57 bits per heavy atom. The number of likely N-dealkylation sites (N-methyl/N-ethyl adjacent to an activating group) is 1. The van der Waals surface area contributed by atoms with Gasteiger partial charge in [-0.05, 0) is 30.8 Å². The Kier molecular flexibility index (Phi) is 4.17. The van der Waals surface area contributed by atoms with Crippen molar-refractivity contribution in [1.29, 1.82) is 0 Å². The number of benzene rings is 2. The fraction of sp³-hybridized carbons (Fsp3) is 0.294. The van der Waals surface area contributed by atoms with E-state index >= 15 is 0 Å². The van der Waals surface area contributed by atoms with Gasteiger partial charge < -0.3 is 15.5 Å². The van der Waals surface area contributed by atoms with Crippen LogP contribution >= 0.6 is 15.9 Å². The van der Waals surface area contributed by atoms with Gasteiger partial charge in [0.05, 0.1) is 17.4 Å². The number of piperazine rings is 1. The number of hydrogen-bond donors (Lipinski definition) is 1. The van der Waals surface area contributed by atoms with Crippen LogP contribution in [-0.2, 0) is 0 Å². The predicted molar refractivity (Wildman–Crippen MR) is 92.6 cm³/mol. The standard InChI is InChI=1S/C17H20BrN3/c1-20-9-10-21(16-8-7-14(18)11-15(16)19)17(12-20)13-5-3-2-4-6-13/h2-8,11,17H,9-10,12,19H2,1H3. The molecule has 1 unspecified atom stereocenters. The molecule has 1 fully saturated rings. The van der Waals surface area contributed by atoms with E-state index in [0.717, 1.165) is 35.5 Å². The van der Waals surface area contributed by atoms with Gasteiger partial charge in [0, 0.05) is 24.1 Å². The van der Waals surface area contributed by atoms with Crippen molar-refractivity contribution in [2.75, 3.05) is 37.3 Å². The molecule has 1 atom stereocenters. The average Bonchev–Trinajstić information content (AvgIpc) is 2.49. The van der Waals surface area contributed by atoms with E-state index in [2.05, 4.69) is 75.2 Å². The third-order valence-corrected chi connectivity index (χ3v) is 4.56. The van der Waals surface area contributed by atoms with Crippen LogP contribution in [-0.4, -0.2) is 31.6 Å². The van der Waals surface area contributed by atoms with Crippen LogP contribution in [0.25, 0.3) is 0 Å². The van der Waals surface area contributed by atoms with Crippen molar-refractivity contribution in [3.05, 3.63) is 58.6 Å². The zero-order valence-corrected chi connectivity index (χ0v) is 13.8. The number of nitrogens with zero attached hydrogens (tertiary/aromatic N) is 2. The minimum Gasteiger partial charge on any atom is -0.397 e. The SMILES string of the molecule is CN1CCN(c2ccc(Br)cc2N)C(c2ccccc2)C1. The quantitative estimate of drug-likeness (QED) is 0.845. The molecule has 1 aliphatic heterocycles. The third kappa shape index (κ3) is 3.06. The molecule has 21 heavy (non-hydrogen) atoms. The van der Waals surface area contributed by atoms with Crippen molar-refractivity contribution in [2.24, 2.45) is 0 Å². The van der Waals surface area contributed by atoms with Crippen LogP contribution < -0.4 is 10.6 Å². The highest BCUT2D eigenvalue weighted by Gasteiger charge is 2.27. The van der Waals surface area contributed by atoms with Gasteiger partial charge in [0.15, 0.2) is 0 Å². The molecule has 1 heterocycles. The number of nitrogens with two attached hydrogens (primary N) is 1. The third-order valence-electron chi connectivity index (χ3n) is 4.07. The molecule has 2 aromatic rings. The van der Waals surface area contributed by atoms with Crippen LogP contribution in [0.3, 0.4) is 0 Å². The summed E-state index contributed by atoms with van der Waals surface area (Å²) in [5.74, 6) is 0. The Morgan fingerprint density at radius 1 is 1.10 bits per heavy atom. The molecule has 110 valence electrons. The van der Waals surface area contributed by atoms with E-state index in [9.17, 15) is 0 Å². The Morgan fingerprint density at radius 2 is 1.86 bits per heavy atom. The van der Waals surface area contributed by atoms with Crippen molar-refractivity contribution < 1.29 is 0 Å². The molecular weight excluding hydrogens is 326 g/mol. The Balaban J connectivity index is 1.98. The molecule has 4 heteroatoms. The molecular formula is C17H20BrN3. The molecule has 0 spiro atoms. The first-order valence-corrected chi connectivity index (χ1v) is 7.99. The molecule has 1 saturated heterocycles. The summed E-state index contributed by atoms with van der Waals surface area (Å²) in [6, 6.07) is 17.2. The molecule has 2 N–H and O–H groups in total. The fourth-order valence-corrected chi connectivity index (χ4v) is 3.33. The summed E-state index contributed by atoms with van der Waals surface area (Å²) in [4.78, 5) is 4.81. The molecule has 1 aliphatic rings. The zero-order chi connectivity index (χ0) is 14.8. The van der Waals surface area contributed by atoms with E-state index < -0.39 is 0 Å². The van der Waals surface area contributed by atoms with Crippen LogP contribution in [0.4, 0.5) is 11.4 Å². The fourth-order valence-electron chi connectivity index (χ4n) is 2.96. The highest BCUT2D eigenvalue weighted by atomic mass is 79.9. The Labute approximate surface area is 134 Å². The summed E-state index contributed by atoms with van der Waals surface area (Å²) in [6.45, 7) is 3.06. The normalized spacial score (nSPS) is 19.7. The van der Waals surface area contributed by atoms with E-state index in [0.29, 0.717) is 6.04 Å². The first-order chi connectivity index (χ1) is 10.1. The summed E-state index contributed by atoms with van der Waals surface area (Å²) >= 11 is 3.48. The number of hydrogen-bond acceptors (Lipinski definition) is 3. The van der Waals surface area contributed by atoms with E-state index in [1.54, 1.807) is 0 Å². The van der Waals surface area contributed by atoms with E-state index in [1.165, 1.54) is 5.56 Å². The molecule has 3 nitrogen and oxygen atoms in total. The van der Waals surface area contributed by atoms with Gasteiger partial charge in [-0.15, -0.1) is 0 Å². The molecule has 0 amide bonds. The van der Waals surface area contributed by atoms with E-state index in [1.807, 2.05) is 6.07 Å². The van der Waals surface area contributed by atoms with E-state index in [-0.39, 0.29) is 0 Å². The summed E-state index contributed by atoms with van der Waals surface area (Å²) in [6.07, 6.45) is 0. The Bertz CT molecular complexity index is 615. The van der Waals surface area contributed by atoms with Crippen LogP contribution in [0, 0.1) is 0 Å². The molecule has 3 rings (SSSR count). The van der Waals surface area contributed by atoms with Gasteiger partial charge in [-0.25, -0.2) is 0 Å². The molecule has 2 aromatic carbocycles. The molecule has 0 aliphatic carbocycles. The average molecular weight is 346 g/mol. The predicted octanol–water partition coefficient (Wildman–Crippen LogP) is 3.52. The summed E-state index contributed by atoms with van der Waals surface area (Å²) < 4.78 is 1.02. The van der Waals surface area contributed by atoms with Crippen LogP contribution in [0.1, 0.15) is 11.6 Å². The van der Waals surface area contributed by atoms with E-state index in [4.69, 9.17) is 5.73 Å². The van der Waals surface area contributed by atoms with Crippen molar-refractivity contribution in [2.45, 2.75) is 6.04 Å². The summed E-state index contributed by atoms with van der Waals surface area (Å²) in [5, 5.41) is 0. The Hall–Kier alpha value is -1.52. The maximum absolute atomic E-state index is 6.24. The molecule has 0 aromatic heterocycles. The minimum atomic E-state index is 0.341. The second-order valence-corrected chi connectivity index (χ2v) is 6.50. The van der Waals surface area contributed by atoms with Crippen molar-refractivity contribution in [1.82, 2.24) is 4.90 Å². The largest absolute Gasteiger partial charge is 0.397 e. The molecule has 0 bridgehead atoms. The maximum Gasteiger partial charge on any atom is 0.0670 e. The van der Waals surface area contributed by atoms with Crippen molar-refractivity contribution in [3.63, 3.8) is 0 Å². The first kappa shape index (κ1) is 14.4. The molecule has 0 saturated carbocycles. The van der Waals surface area contributed by atoms with Crippen LogP contribution in [0.5, 0.6) is 0 Å². The number of anilines is 2. The smallest absolute Gasteiger partial charge is 0.0670 e. The molecule has 0 radical (unpaired) electrons. The lowest BCUT2D eigenvalue weighted by Crippen LogP contribution is -2.47. The second-order valence-electron chi connectivity index (χ2n) is 5.59. The van der Waals surface area contributed by atoms with Gasteiger partial charge >= 0.3 is 0 Å². The number of rotatable bonds is 2. The number of nitrogen functional groups attached to an aromatic ring is 1. The maximum atomic E-state index is 6.24. The number of halogens is 1. The van der Waals surface area contributed by atoms with Gasteiger partial charge in [-0.2, -0.15) is 0 Å². The topological polar surface area (TPSA) is 32.5 Å². The van der Waals surface area contributed by atoms with Gasteiger partial charge in [0.2, 0.25) is 0 Å². The van der Waals surface area contributed by atoms with Gasteiger partial charge in [0.1, 0.15) is 0 Å². The summed E-state index contributed by atoms with van der Waals surface area (Å²) in [5.41, 5.74) is 9.53. The minimum absolute atomic E-state index is 0.341. The lowest BCUT2D eigenvalue weighted by Gasteiger charge is -2.42. The summed E-state index contributed by atoms with van der Waals surface area (Å²) in [7, 11) is 2.18. The highest BCUT2D eigenvalue weighted by molar-refractivity contribution is 9.10. The lowest BCUT2D eigenvalue weighted by atomic mass is 10.0. The monoisotopic (exact) mass is 345 g/mol.